The van der Waals surface area contributed by atoms with Crippen LogP contribution in [0.1, 0.15) is 19.8 Å². The van der Waals surface area contributed by atoms with E-state index in [1.165, 1.54) is 0 Å². The number of urea groups is 1. The van der Waals surface area contributed by atoms with Crippen LogP contribution in [0.5, 0.6) is 0 Å². The fourth-order valence-electron chi connectivity index (χ4n) is 0.339. The molecule has 0 saturated heterocycles. The number of carbonyl (C=O) groups is 1. The van der Waals surface area contributed by atoms with Crippen LogP contribution in [0.2, 0.25) is 0 Å². The van der Waals surface area contributed by atoms with Crippen molar-refractivity contribution in [2.45, 2.75) is 19.8 Å². The van der Waals surface area contributed by atoms with E-state index in [2.05, 4.69) is 5.32 Å². The highest BCUT2D eigenvalue weighted by Gasteiger charge is 1.90. The Kier molecular flexibility index (Phi) is 4.03. The molecule has 8 heavy (non-hydrogen) atoms. The van der Waals surface area contributed by atoms with E-state index < -0.39 is 6.03 Å². The molecule has 0 aliphatic rings. The zero-order valence-electron chi connectivity index (χ0n) is 4.98. The maximum absolute atomic E-state index is 9.82. The lowest BCUT2D eigenvalue weighted by Gasteiger charge is -1.91. The molecule has 3 heteroatoms. The van der Waals surface area contributed by atoms with Crippen molar-refractivity contribution in [3.05, 3.63) is 0 Å². The van der Waals surface area contributed by atoms with Gasteiger partial charge in [-0.3, -0.25) is 0 Å². The molecule has 0 aromatic carbocycles. The molecule has 0 rings (SSSR count). The van der Waals surface area contributed by atoms with Gasteiger partial charge in [-0.1, -0.05) is 13.3 Å². The van der Waals surface area contributed by atoms with Gasteiger partial charge in [-0.25, -0.2) is 15.8 Å². The fraction of sp³-hybridized carbons (Fsp3) is 0.800. The van der Waals surface area contributed by atoms with Crippen LogP contribution in [0.3, 0.4) is 0 Å². The summed E-state index contributed by atoms with van der Waals surface area (Å²) in [5.74, 6) is 0. The van der Waals surface area contributed by atoms with Crippen LogP contribution in [0.25, 0.3) is 0 Å². The van der Waals surface area contributed by atoms with Gasteiger partial charge >= 0.3 is 6.03 Å². The predicted octanol–water partition coefficient (Wildman–Crippen LogP) is 0.794. The molecular weight excluding hydrogens is 104 g/mol. The second-order valence-electron chi connectivity index (χ2n) is 1.54. The van der Waals surface area contributed by atoms with Gasteiger partial charge in [0.2, 0.25) is 0 Å². The highest BCUT2D eigenvalue weighted by molar-refractivity contribution is 5.70. The Bertz CT molecular complexity index is 72.8. The van der Waals surface area contributed by atoms with Gasteiger partial charge in [0.1, 0.15) is 0 Å². The average molecular weight is 114 g/mol. The Balaban J connectivity index is 2.82. The van der Waals surface area contributed by atoms with Crippen molar-refractivity contribution in [2.24, 2.45) is 0 Å². The molecule has 0 fully saturated rings. The summed E-state index contributed by atoms with van der Waals surface area (Å²) in [6, 6.07) is -0.807. The molecule has 0 bridgehead atoms. The third-order valence-electron chi connectivity index (χ3n) is 0.767. The highest BCUT2D eigenvalue weighted by Crippen LogP contribution is 1.82. The molecule has 0 aliphatic heterocycles. The van der Waals surface area contributed by atoms with Crippen LogP contribution in [-0.4, -0.2) is 12.6 Å². The Morgan fingerprint density at radius 1 is 1.75 bits per heavy atom. The van der Waals surface area contributed by atoms with E-state index in [0.717, 1.165) is 12.8 Å². The monoisotopic (exact) mass is 114 g/mol. The third kappa shape index (κ3) is 5.27. The predicted molar refractivity (Wildman–Crippen MR) is 30.4 cm³/mol. The summed E-state index contributed by atoms with van der Waals surface area (Å²) in [6.07, 6.45) is 1.93. The summed E-state index contributed by atoms with van der Waals surface area (Å²) in [5.41, 5.74) is 6.35. The molecular formula is C5H10N2O. The number of amides is 2. The third-order valence-corrected chi connectivity index (χ3v) is 0.767. The quantitative estimate of drug-likeness (QED) is 0.500. The van der Waals surface area contributed by atoms with E-state index in [1.807, 2.05) is 6.92 Å². The highest BCUT2D eigenvalue weighted by atomic mass is 16.2. The standard InChI is InChI=1S/C5H10N2O/c1-2-3-4-7-5(6)8/h6H,2-4H2,1H3. The summed E-state index contributed by atoms with van der Waals surface area (Å²) in [4.78, 5) is 9.82. The van der Waals surface area contributed by atoms with E-state index >= 15 is 0 Å². The molecule has 0 spiro atoms. The number of nitrogens with one attached hydrogen (secondary N) is 1. The zero-order valence-corrected chi connectivity index (χ0v) is 4.98. The van der Waals surface area contributed by atoms with Crippen molar-refractivity contribution in [3.8, 4) is 0 Å². The molecule has 46 valence electrons. The first-order valence-corrected chi connectivity index (χ1v) is 2.70. The van der Waals surface area contributed by atoms with Crippen LogP contribution in [0.4, 0.5) is 4.79 Å². The van der Waals surface area contributed by atoms with E-state index in [9.17, 15) is 4.79 Å². The molecule has 0 saturated carbocycles. The van der Waals surface area contributed by atoms with Crippen molar-refractivity contribution >= 4 is 6.03 Å². The largest absolute Gasteiger partial charge is 0.355 e. The van der Waals surface area contributed by atoms with Gasteiger partial charge in [0.25, 0.3) is 0 Å². The van der Waals surface area contributed by atoms with Crippen molar-refractivity contribution in [2.75, 3.05) is 6.54 Å². The topological polar surface area (TPSA) is 55.0 Å². The average Bonchev–Trinajstić information content (AvgIpc) is 1.66. The Morgan fingerprint density at radius 3 is 2.75 bits per heavy atom. The summed E-state index contributed by atoms with van der Waals surface area (Å²) in [7, 11) is 0. The maximum atomic E-state index is 9.82. The van der Waals surface area contributed by atoms with Gasteiger partial charge in [-0.15, -0.1) is 0 Å². The molecule has 0 aromatic rings. The second-order valence-corrected chi connectivity index (χ2v) is 1.54. The number of hydrogen-bond acceptors (Lipinski definition) is 1. The lowest BCUT2D eigenvalue weighted by Crippen LogP contribution is -2.14. The molecule has 0 aliphatic carbocycles. The summed E-state index contributed by atoms with van der Waals surface area (Å²) in [6.45, 7) is 2.53. The molecule has 0 unspecified atom stereocenters. The van der Waals surface area contributed by atoms with Crippen LogP contribution < -0.4 is 11.1 Å². The minimum Gasteiger partial charge on any atom is -0.246 e. The van der Waals surface area contributed by atoms with E-state index in [0.29, 0.717) is 6.54 Å². The van der Waals surface area contributed by atoms with Crippen LogP contribution in [0.15, 0.2) is 0 Å². The van der Waals surface area contributed by atoms with Gasteiger partial charge in [0, 0.05) is 6.54 Å². The van der Waals surface area contributed by atoms with Gasteiger partial charge < -0.3 is 0 Å². The smallest absolute Gasteiger partial charge is 0.246 e. The molecule has 3 nitrogen and oxygen atoms in total. The maximum Gasteiger partial charge on any atom is 0.355 e. The van der Waals surface area contributed by atoms with Crippen LogP contribution in [0, 0.1) is 0 Å². The van der Waals surface area contributed by atoms with Gasteiger partial charge in [-0.2, -0.15) is 0 Å². The molecule has 1 N–H and O–H groups in total. The van der Waals surface area contributed by atoms with Crippen molar-refractivity contribution < 1.29 is 4.79 Å². The van der Waals surface area contributed by atoms with E-state index in [-0.39, 0.29) is 0 Å². The van der Waals surface area contributed by atoms with Crippen molar-refractivity contribution in [3.63, 3.8) is 0 Å². The molecule has 0 heterocycles. The SMILES string of the molecule is CCCC[N]C([NH])=O. The van der Waals surface area contributed by atoms with Crippen LogP contribution in [-0.2, 0) is 0 Å². The van der Waals surface area contributed by atoms with Crippen LogP contribution >= 0.6 is 0 Å². The number of carbonyl (C=O) groups excluding carboxylic acids is 1. The Morgan fingerprint density at radius 2 is 2.38 bits per heavy atom. The zero-order chi connectivity index (χ0) is 6.41. The molecule has 0 aromatic heterocycles. The summed E-state index contributed by atoms with van der Waals surface area (Å²) in [5, 5.41) is 3.34. The fourth-order valence-corrected chi connectivity index (χ4v) is 0.339. The molecule has 2 radical (unpaired) electrons. The lowest BCUT2D eigenvalue weighted by molar-refractivity contribution is 0.247. The second kappa shape index (κ2) is 4.43. The first-order chi connectivity index (χ1) is 3.77. The number of hydrogen-bond donors (Lipinski definition) is 0. The number of nitrogens with zero attached hydrogens (tertiary/aromatic N) is 1. The van der Waals surface area contributed by atoms with E-state index in [4.69, 9.17) is 5.73 Å². The Hall–Kier alpha value is -0.730. The van der Waals surface area contributed by atoms with E-state index in [1.54, 1.807) is 0 Å². The lowest BCUT2D eigenvalue weighted by atomic mass is 10.3. The van der Waals surface area contributed by atoms with Crippen molar-refractivity contribution in [1.29, 1.82) is 0 Å². The molecule has 0 atom stereocenters. The Labute approximate surface area is 49.3 Å². The van der Waals surface area contributed by atoms with Gasteiger partial charge in [0.15, 0.2) is 0 Å². The van der Waals surface area contributed by atoms with Gasteiger partial charge in [-0.05, 0) is 6.42 Å². The van der Waals surface area contributed by atoms with Crippen molar-refractivity contribution in [1.82, 2.24) is 11.1 Å². The number of rotatable bonds is 3. The summed E-state index contributed by atoms with van der Waals surface area (Å²) >= 11 is 0. The normalized spacial score (nSPS) is 8.62. The van der Waals surface area contributed by atoms with Gasteiger partial charge in [0.05, 0.1) is 0 Å². The minimum atomic E-state index is -0.807. The first kappa shape index (κ1) is 7.27. The number of unbranched alkanes of at least 4 members (excludes halogenated alkanes) is 1. The molecule has 2 amide bonds. The summed E-state index contributed by atoms with van der Waals surface area (Å²) < 4.78 is 0. The minimum absolute atomic E-state index is 0.513. The first-order valence-electron chi connectivity index (χ1n) is 2.70.